The Morgan fingerprint density at radius 2 is 0.645 bits per heavy atom. The van der Waals surface area contributed by atoms with Crippen molar-refractivity contribution in [2.75, 3.05) is 26.4 Å². The summed E-state index contributed by atoms with van der Waals surface area (Å²) >= 11 is 0. The first-order valence-corrected chi connectivity index (χ1v) is 27.4. The van der Waals surface area contributed by atoms with E-state index in [1.165, 1.54) is 148 Å². The summed E-state index contributed by atoms with van der Waals surface area (Å²) in [5.74, 6) is -1.44. The Morgan fingerprint density at radius 1 is 0.387 bits per heavy atom. The number of esters is 3. The maximum atomic E-state index is 12.8. The number of hydrogen-bond donors (Lipinski definition) is 2. The Bertz CT molecular complexity index is 1060. The number of carbonyl (C=O) groups is 3. The second-order valence-corrected chi connectivity index (χ2v) is 19.2. The van der Waals surface area contributed by atoms with Gasteiger partial charge in [0.25, 0.3) is 0 Å². The van der Waals surface area contributed by atoms with Gasteiger partial charge in [-0.3, -0.25) is 23.4 Å². The fourth-order valence-corrected chi connectivity index (χ4v) is 8.32. The van der Waals surface area contributed by atoms with Crippen LogP contribution in [0.1, 0.15) is 265 Å². The predicted molar refractivity (Wildman–Crippen MR) is 252 cm³/mol. The van der Waals surface area contributed by atoms with E-state index in [0.717, 1.165) is 57.8 Å². The van der Waals surface area contributed by atoms with Crippen molar-refractivity contribution >= 4 is 25.7 Å². The fourth-order valence-electron chi connectivity index (χ4n) is 7.53. The summed E-state index contributed by atoms with van der Waals surface area (Å²) < 4.78 is 39.3. The summed E-state index contributed by atoms with van der Waals surface area (Å²) in [7, 11) is -4.72. The Labute approximate surface area is 380 Å². The summed E-state index contributed by atoms with van der Waals surface area (Å²) in [4.78, 5) is 48.1. The lowest BCUT2D eigenvalue weighted by molar-refractivity contribution is -0.161. The van der Waals surface area contributed by atoms with Crippen molar-refractivity contribution in [2.24, 2.45) is 0 Å². The second-order valence-electron chi connectivity index (χ2n) is 17.7. The molecule has 368 valence electrons. The van der Waals surface area contributed by atoms with Gasteiger partial charge in [-0.25, -0.2) is 4.57 Å². The number of rotatable bonds is 49. The van der Waals surface area contributed by atoms with Crippen LogP contribution in [0.4, 0.5) is 0 Å². The van der Waals surface area contributed by atoms with Crippen molar-refractivity contribution in [2.45, 2.75) is 277 Å². The zero-order chi connectivity index (χ0) is 45.6. The van der Waals surface area contributed by atoms with E-state index in [4.69, 9.17) is 23.3 Å². The van der Waals surface area contributed by atoms with Crippen LogP contribution in [0, 0.1) is 0 Å². The number of phosphoric ester groups is 1. The van der Waals surface area contributed by atoms with Crippen molar-refractivity contribution in [1.82, 2.24) is 0 Å². The molecule has 11 nitrogen and oxygen atoms in total. The minimum absolute atomic E-state index is 0.178. The number of unbranched alkanes of at least 4 members (excludes halogenated alkanes) is 32. The highest BCUT2D eigenvalue weighted by molar-refractivity contribution is 7.47. The van der Waals surface area contributed by atoms with E-state index >= 15 is 0 Å². The van der Waals surface area contributed by atoms with Gasteiger partial charge in [-0.2, -0.15) is 0 Å². The molecule has 0 amide bonds. The monoisotopic (exact) mass is 905 g/mol. The number of ether oxygens (including phenoxy) is 3. The molecule has 0 aromatic carbocycles. The average Bonchev–Trinajstić information content (AvgIpc) is 3.25. The van der Waals surface area contributed by atoms with Crippen molar-refractivity contribution in [3.8, 4) is 0 Å². The highest BCUT2D eigenvalue weighted by atomic mass is 31.2. The molecule has 2 N–H and O–H groups in total. The lowest BCUT2D eigenvalue weighted by atomic mass is 10.0. The number of carbonyl (C=O) groups excluding carboxylic acids is 3. The number of phosphoric acid groups is 1. The van der Waals surface area contributed by atoms with E-state index in [1.54, 1.807) is 0 Å². The number of aliphatic hydroxyl groups is 1. The minimum Gasteiger partial charge on any atom is -0.462 e. The molecule has 0 heterocycles. The van der Waals surface area contributed by atoms with Crippen LogP contribution in [-0.4, -0.2) is 66.5 Å². The zero-order valence-corrected chi connectivity index (χ0v) is 41.3. The Kier molecular flexibility index (Phi) is 44.9. The lowest BCUT2D eigenvalue weighted by Gasteiger charge is -2.21. The van der Waals surface area contributed by atoms with Gasteiger partial charge in [0.1, 0.15) is 12.7 Å². The SMILES string of the molecule is CCCCCCCCCCCCCCCCCC(=O)OC(COC(=O)CCCCCCCCCCC)COP(=O)(O)OCC(CO)OC(=O)CCCCCCCCCCCCC. The summed E-state index contributed by atoms with van der Waals surface area (Å²) in [6.07, 6.45) is 39.3. The molecule has 0 saturated carbocycles. The van der Waals surface area contributed by atoms with E-state index in [-0.39, 0.29) is 25.9 Å². The third kappa shape index (κ3) is 43.7. The van der Waals surface area contributed by atoms with E-state index < -0.39 is 57.8 Å². The molecule has 0 fully saturated rings. The maximum absolute atomic E-state index is 12.8. The zero-order valence-electron chi connectivity index (χ0n) is 40.4. The quantitative estimate of drug-likeness (QED) is 0.0259. The van der Waals surface area contributed by atoms with Gasteiger partial charge < -0.3 is 24.2 Å². The summed E-state index contributed by atoms with van der Waals surface area (Å²) in [6, 6.07) is 0. The number of aliphatic hydroxyl groups excluding tert-OH is 1. The molecule has 0 bridgehead atoms. The molecular formula is C50H97O11P. The van der Waals surface area contributed by atoms with Crippen LogP contribution in [0.5, 0.6) is 0 Å². The smallest absolute Gasteiger partial charge is 0.462 e. The maximum Gasteiger partial charge on any atom is 0.472 e. The van der Waals surface area contributed by atoms with Crippen LogP contribution in [0.25, 0.3) is 0 Å². The number of hydrogen-bond acceptors (Lipinski definition) is 10. The van der Waals surface area contributed by atoms with Crippen LogP contribution in [-0.2, 0) is 42.2 Å². The molecule has 3 unspecified atom stereocenters. The third-order valence-electron chi connectivity index (χ3n) is 11.5. The van der Waals surface area contributed by atoms with Gasteiger partial charge in [-0.1, -0.05) is 226 Å². The average molecular weight is 905 g/mol. The molecule has 0 rings (SSSR count). The first-order valence-electron chi connectivity index (χ1n) is 25.9. The van der Waals surface area contributed by atoms with E-state index in [0.29, 0.717) is 19.3 Å². The lowest BCUT2D eigenvalue weighted by Crippen LogP contribution is -2.30. The second kappa shape index (κ2) is 46.0. The highest BCUT2D eigenvalue weighted by Crippen LogP contribution is 2.43. The van der Waals surface area contributed by atoms with Gasteiger partial charge in [-0.15, -0.1) is 0 Å². The summed E-state index contributed by atoms with van der Waals surface area (Å²) in [5.41, 5.74) is 0. The van der Waals surface area contributed by atoms with Crippen molar-refractivity contribution < 1.29 is 52.2 Å². The third-order valence-corrected chi connectivity index (χ3v) is 12.5. The summed E-state index contributed by atoms with van der Waals surface area (Å²) in [5, 5.41) is 9.74. The molecule has 3 atom stereocenters. The van der Waals surface area contributed by atoms with Crippen LogP contribution >= 0.6 is 7.82 Å². The highest BCUT2D eigenvalue weighted by Gasteiger charge is 2.28. The molecule has 0 saturated heterocycles. The fraction of sp³-hybridized carbons (Fsp3) is 0.940. The van der Waals surface area contributed by atoms with Gasteiger partial charge >= 0.3 is 25.7 Å². The van der Waals surface area contributed by atoms with Gasteiger partial charge in [0.05, 0.1) is 19.8 Å². The predicted octanol–water partition coefficient (Wildman–Crippen LogP) is 14.4. The Morgan fingerprint density at radius 3 is 0.952 bits per heavy atom. The molecule has 12 heteroatoms. The van der Waals surface area contributed by atoms with E-state index in [9.17, 15) is 28.9 Å². The molecule has 62 heavy (non-hydrogen) atoms. The van der Waals surface area contributed by atoms with Gasteiger partial charge in [0.15, 0.2) is 6.10 Å². The van der Waals surface area contributed by atoms with Crippen LogP contribution < -0.4 is 0 Å². The van der Waals surface area contributed by atoms with E-state index in [1.807, 2.05) is 0 Å². The first kappa shape index (κ1) is 60.5. The minimum atomic E-state index is -4.72. The topological polar surface area (TPSA) is 155 Å². The molecule has 0 aliphatic heterocycles. The van der Waals surface area contributed by atoms with Crippen molar-refractivity contribution in [3.63, 3.8) is 0 Å². The first-order chi connectivity index (χ1) is 30.2. The largest absolute Gasteiger partial charge is 0.472 e. The summed E-state index contributed by atoms with van der Waals surface area (Å²) in [6.45, 7) is 4.64. The van der Waals surface area contributed by atoms with E-state index in [2.05, 4.69) is 20.8 Å². The van der Waals surface area contributed by atoms with Crippen molar-refractivity contribution in [3.05, 3.63) is 0 Å². The molecular weight excluding hydrogens is 808 g/mol. The van der Waals surface area contributed by atoms with Gasteiger partial charge in [0.2, 0.25) is 0 Å². The van der Waals surface area contributed by atoms with Crippen LogP contribution in [0.15, 0.2) is 0 Å². The van der Waals surface area contributed by atoms with Crippen LogP contribution in [0.3, 0.4) is 0 Å². The molecule has 0 aromatic rings. The standard InChI is InChI=1S/C50H97O11P/c1-4-7-10-13-16-19-21-22-23-24-26-29-32-35-38-41-50(54)61-47(43-57-48(52)39-36-33-30-27-18-15-12-9-6-3)45-59-62(55,56)58-44-46(42-51)60-49(53)40-37-34-31-28-25-20-17-14-11-8-5-2/h46-47,51H,4-45H2,1-3H3,(H,55,56). The molecule has 0 aliphatic carbocycles. The Hall–Kier alpha value is -1.52. The normalized spacial score (nSPS) is 13.4. The Balaban J connectivity index is 4.66. The van der Waals surface area contributed by atoms with Gasteiger partial charge in [0, 0.05) is 19.3 Å². The van der Waals surface area contributed by atoms with Gasteiger partial charge in [-0.05, 0) is 19.3 Å². The van der Waals surface area contributed by atoms with Crippen LogP contribution in [0.2, 0.25) is 0 Å². The molecule has 0 aliphatic rings. The molecule has 0 radical (unpaired) electrons. The van der Waals surface area contributed by atoms with Crippen molar-refractivity contribution in [1.29, 1.82) is 0 Å². The molecule has 0 spiro atoms. The molecule has 0 aromatic heterocycles.